The van der Waals surface area contributed by atoms with Gasteiger partial charge in [-0.25, -0.2) is 9.78 Å². The number of rotatable bonds is 5. The predicted molar refractivity (Wildman–Crippen MR) is 89.5 cm³/mol. The molecular weight excluding hydrogens is 312 g/mol. The Morgan fingerprint density at radius 3 is 2.74 bits per heavy atom. The highest BCUT2D eigenvalue weighted by Crippen LogP contribution is 2.11. The third kappa shape index (κ3) is 4.27. The van der Waals surface area contributed by atoms with Crippen LogP contribution in [0.5, 0.6) is 0 Å². The molecule has 23 heavy (non-hydrogen) atoms. The topological polar surface area (TPSA) is 58.4 Å². The number of aromatic nitrogens is 2. The molecule has 0 N–H and O–H groups in total. The predicted octanol–water partition coefficient (Wildman–Crippen LogP) is 0.692. The Hall–Kier alpha value is -1.99. The number of hydrogen-bond donors (Lipinski definition) is 0. The quantitative estimate of drug-likeness (QED) is 0.808. The Morgan fingerprint density at radius 1 is 1.22 bits per heavy atom. The summed E-state index contributed by atoms with van der Waals surface area (Å²) in [5.41, 5.74) is -0.379. The second kappa shape index (κ2) is 7.52. The van der Waals surface area contributed by atoms with Gasteiger partial charge in [0.1, 0.15) is 6.54 Å². The van der Waals surface area contributed by atoms with Gasteiger partial charge in [0, 0.05) is 50.0 Å². The van der Waals surface area contributed by atoms with E-state index in [-0.39, 0.29) is 18.1 Å². The molecule has 0 saturated carbocycles. The summed E-state index contributed by atoms with van der Waals surface area (Å²) in [7, 11) is 0. The van der Waals surface area contributed by atoms with Crippen LogP contribution in [0.3, 0.4) is 0 Å². The van der Waals surface area contributed by atoms with Crippen LogP contribution in [0.1, 0.15) is 4.88 Å². The average Bonchev–Trinajstić information content (AvgIpc) is 3.09. The van der Waals surface area contributed by atoms with Gasteiger partial charge >= 0.3 is 5.69 Å². The van der Waals surface area contributed by atoms with Gasteiger partial charge in [0.25, 0.3) is 0 Å². The van der Waals surface area contributed by atoms with E-state index in [9.17, 15) is 9.59 Å². The number of amides is 1. The van der Waals surface area contributed by atoms with Gasteiger partial charge in [0.05, 0.1) is 0 Å². The van der Waals surface area contributed by atoms with Gasteiger partial charge in [0.2, 0.25) is 5.91 Å². The highest BCUT2D eigenvalue weighted by Gasteiger charge is 2.21. The molecule has 1 aliphatic heterocycles. The van der Waals surface area contributed by atoms with Gasteiger partial charge < -0.3 is 4.90 Å². The molecule has 7 heteroatoms. The third-order valence-electron chi connectivity index (χ3n) is 4.07. The second-order valence-electron chi connectivity index (χ2n) is 5.58. The van der Waals surface area contributed by atoms with Gasteiger partial charge in [-0.05, 0) is 23.9 Å². The van der Waals surface area contributed by atoms with E-state index in [0.29, 0.717) is 0 Å². The molecule has 0 bridgehead atoms. The molecule has 0 unspecified atom stereocenters. The average molecular weight is 332 g/mol. The molecule has 0 radical (unpaired) electrons. The Morgan fingerprint density at radius 2 is 2.04 bits per heavy atom. The number of thiophene rings is 1. The van der Waals surface area contributed by atoms with Crippen LogP contribution in [0.15, 0.2) is 40.8 Å². The van der Waals surface area contributed by atoms with Gasteiger partial charge in [-0.3, -0.25) is 14.3 Å². The normalized spacial score (nSPS) is 15.7. The summed E-state index contributed by atoms with van der Waals surface area (Å²) in [5.74, 6) is -0.0157. The summed E-state index contributed by atoms with van der Waals surface area (Å²) in [4.78, 5) is 33.1. The molecule has 1 fully saturated rings. The van der Waals surface area contributed by atoms with Crippen molar-refractivity contribution < 1.29 is 4.79 Å². The number of carbonyl (C=O) groups excluding carboxylic acids is 1. The number of carbonyl (C=O) groups is 1. The van der Waals surface area contributed by atoms with Crippen molar-refractivity contribution in [3.8, 4) is 0 Å². The first-order chi connectivity index (χ1) is 11.2. The molecular formula is C16H20N4O2S. The van der Waals surface area contributed by atoms with E-state index in [2.05, 4.69) is 27.4 Å². The van der Waals surface area contributed by atoms with Crippen LogP contribution in [0.2, 0.25) is 0 Å². The SMILES string of the molecule is O=C(Cn1cccnc1=O)N1CCN(CCc2cccs2)CC1. The fourth-order valence-corrected chi connectivity index (χ4v) is 3.40. The maximum Gasteiger partial charge on any atom is 0.347 e. The van der Waals surface area contributed by atoms with Crippen molar-refractivity contribution in [1.82, 2.24) is 19.4 Å². The largest absolute Gasteiger partial charge is 0.347 e. The molecule has 0 aliphatic carbocycles. The van der Waals surface area contributed by atoms with Gasteiger partial charge in [-0.2, -0.15) is 0 Å². The maximum absolute atomic E-state index is 12.3. The van der Waals surface area contributed by atoms with Crippen molar-refractivity contribution in [3.63, 3.8) is 0 Å². The highest BCUT2D eigenvalue weighted by atomic mass is 32.1. The first-order valence-electron chi connectivity index (χ1n) is 7.76. The molecule has 1 saturated heterocycles. The van der Waals surface area contributed by atoms with Gasteiger partial charge in [0.15, 0.2) is 0 Å². The van der Waals surface area contributed by atoms with E-state index in [1.54, 1.807) is 23.6 Å². The van der Waals surface area contributed by atoms with Crippen molar-refractivity contribution in [2.45, 2.75) is 13.0 Å². The van der Waals surface area contributed by atoms with E-state index in [1.807, 2.05) is 4.90 Å². The van der Waals surface area contributed by atoms with Gasteiger partial charge in [-0.15, -0.1) is 11.3 Å². The molecule has 2 aromatic heterocycles. The van der Waals surface area contributed by atoms with Crippen LogP contribution in [0, 0.1) is 0 Å². The molecule has 3 heterocycles. The molecule has 1 amide bonds. The van der Waals surface area contributed by atoms with Crippen LogP contribution in [0.25, 0.3) is 0 Å². The van der Waals surface area contributed by atoms with Crippen LogP contribution >= 0.6 is 11.3 Å². The molecule has 122 valence electrons. The lowest BCUT2D eigenvalue weighted by Crippen LogP contribution is -2.50. The highest BCUT2D eigenvalue weighted by molar-refractivity contribution is 7.09. The Bertz CT molecular complexity index is 690. The van der Waals surface area contributed by atoms with Crippen molar-refractivity contribution in [2.75, 3.05) is 32.7 Å². The molecule has 0 atom stereocenters. The van der Waals surface area contributed by atoms with Crippen LogP contribution in [0.4, 0.5) is 0 Å². The zero-order valence-corrected chi connectivity index (χ0v) is 13.7. The summed E-state index contributed by atoms with van der Waals surface area (Å²) in [6.45, 7) is 4.32. The lowest BCUT2D eigenvalue weighted by atomic mass is 10.2. The van der Waals surface area contributed by atoms with Crippen molar-refractivity contribution in [2.24, 2.45) is 0 Å². The number of piperazine rings is 1. The zero-order valence-electron chi connectivity index (χ0n) is 12.9. The van der Waals surface area contributed by atoms with Crippen molar-refractivity contribution in [3.05, 3.63) is 51.3 Å². The molecule has 0 spiro atoms. The van der Waals surface area contributed by atoms with E-state index in [1.165, 1.54) is 15.6 Å². The fourth-order valence-electron chi connectivity index (χ4n) is 2.70. The maximum atomic E-state index is 12.3. The zero-order chi connectivity index (χ0) is 16.1. The molecule has 3 rings (SSSR count). The van der Waals surface area contributed by atoms with Gasteiger partial charge in [-0.1, -0.05) is 6.07 Å². The molecule has 6 nitrogen and oxygen atoms in total. The first-order valence-corrected chi connectivity index (χ1v) is 8.64. The van der Waals surface area contributed by atoms with Crippen molar-refractivity contribution >= 4 is 17.2 Å². The van der Waals surface area contributed by atoms with Crippen LogP contribution in [-0.4, -0.2) is 58.0 Å². The minimum atomic E-state index is -0.379. The number of hydrogen-bond acceptors (Lipinski definition) is 5. The van der Waals surface area contributed by atoms with E-state index >= 15 is 0 Å². The Kier molecular flexibility index (Phi) is 5.19. The third-order valence-corrected chi connectivity index (χ3v) is 5.00. The van der Waals surface area contributed by atoms with E-state index in [4.69, 9.17) is 0 Å². The minimum Gasteiger partial charge on any atom is -0.339 e. The summed E-state index contributed by atoms with van der Waals surface area (Å²) in [6.07, 6.45) is 4.11. The molecule has 0 aromatic carbocycles. The first kappa shape index (κ1) is 15.9. The summed E-state index contributed by atoms with van der Waals surface area (Å²) >= 11 is 1.79. The Labute approximate surface area is 139 Å². The fraction of sp³-hybridized carbons (Fsp3) is 0.438. The monoisotopic (exact) mass is 332 g/mol. The van der Waals surface area contributed by atoms with Crippen LogP contribution < -0.4 is 5.69 Å². The van der Waals surface area contributed by atoms with Crippen LogP contribution in [-0.2, 0) is 17.8 Å². The molecule has 1 aliphatic rings. The lowest BCUT2D eigenvalue weighted by molar-refractivity contribution is -0.133. The number of nitrogens with zero attached hydrogens (tertiary/aromatic N) is 4. The summed E-state index contributed by atoms with van der Waals surface area (Å²) < 4.78 is 1.35. The van der Waals surface area contributed by atoms with E-state index in [0.717, 1.165) is 39.1 Å². The smallest absolute Gasteiger partial charge is 0.339 e. The lowest BCUT2D eigenvalue weighted by Gasteiger charge is -2.34. The summed E-state index contributed by atoms with van der Waals surface area (Å²) in [6, 6.07) is 5.91. The minimum absolute atomic E-state index is 0.0157. The van der Waals surface area contributed by atoms with E-state index < -0.39 is 0 Å². The Balaban J connectivity index is 1.46. The van der Waals surface area contributed by atoms with Crippen molar-refractivity contribution in [1.29, 1.82) is 0 Å². The molecule has 2 aromatic rings. The second-order valence-corrected chi connectivity index (χ2v) is 6.61. The standard InChI is InChI=1S/C16H20N4O2S/c21-15(13-20-6-2-5-17-16(20)22)19-10-8-18(9-11-19)7-4-14-3-1-12-23-14/h1-3,5-6,12H,4,7-11,13H2. The summed E-state index contributed by atoms with van der Waals surface area (Å²) in [5, 5.41) is 2.10.